The van der Waals surface area contributed by atoms with E-state index in [0.29, 0.717) is 45.7 Å². The molecule has 0 saturated carbocycles. The molecule has 1 aliphatic rings. The topological polar surface area (TPSA) is 110 Å². The molecule has 32 heavy (non-hydrogen) atoms. The minimum absolute atomic E-state index is 0.0305. The summed E-state index contributed by atoms with van der Waals surface area (Å²) < 4.78 is 17.0. The number of nitriles is 1. The third-order valence-corrected chi connectivity index (χ3v) is 5.43. The second-order valence-electron chi connectivity index (χ2n) is 7.31. The van der Waals surface area contributed by atoms with Gasteiger partial charge in [-0.05, 0) is 42.3 Å². The number of nitrogens with one attached hydrogen (secondary N) is 1. The number of aromatic amines is 1. The van der Waals surface area contributed by atoms with E-state index in [0.717, 1.165) is 5.56 Å². The SMILES string of the molecule is COc1cc([C@@H]2C(C#N)=C(N)Oc3cc(C)[nH]c(=O)c32)ccc1OCc1ccc(Cl)cc1. The van der Waals surface area contributed by atoms with Gasteiger partial charge in [-0.15, -0.1) is 0 Å². The number of aromatic nitrogens is 1. The molecule has 2 aromatic carbocycles. The van der Waals surface area contributed by atoms with Crippen LogP contribution in [0.3, 0.4) is 0 Å². The summed E-state index contributed by atoms with van der Waals surface area (Å²) in [6.45, 7) is 2.07. The summed E-state index contributed by atoms with van der Waals surface area (Å²) in [4.78, 5) is 15.5. The number of benzene rings is 2. The lowest BCUT2D eigenvalue weighted by atomic mass is 9.84. The highest BCUT2D eigenvalue weighted by molar-refractivity contribution is 6.30. The second-order valence-corrected chi connectivity index (χ2v) is 7.75. The third kappa shape index (κ3) is 4.01. The van der Waals surface area contributed by atoms with E-state index >= 15 is 0 Å². The van der Waals surface area contributed by atoms with Crippen molar-refractivity contribution >= 4 is 11.6 Å². The summed E-state index contributed by atoms with van der Waals surface area (Å²) in [5.41, 5.74) is 8.37. The third-order valence-electron chi connectivity index (χ3n) is 5.18. The number of allylic oxidation sites excluding steroid dienone is 1. The summed E-state index contributed by atoms with van der Waals surface area (Å²) in [6.07, 6.45) is 0. The number of methoxy groups -OCH3 is 1. The van der Waals surface area contributed by atoms with Crippen molar-refractivity contribution in [1.29, 1.82) is 5.26 Å². The fraction of sp³-hybridized carbons (Fsp3) is 0.167. The highest BCUT2D eigenvalue weighted by Gasteiger charge is 2.33. The smallest absolute Gasteiger partial charge is 0.256 e. The van der Waals surface area contributed by atoms with Crippen LogP contribution in [0.5, 0.6) is 17.2 Å². The van der Waals surface area contributed by atoms with Crippen LogP contribution < -0.4 is 25.5 Å². The minimum Gasteiger partial charge on any atom is -0.493 e. The minimum atomic E-state index is -0.702. The predicted octanol–water partition coefficient (Wildman–Crippen LogP) is 4.14. The number of ether oxygens (including phenoxy) is 3. The number of aryl methyl sites for hydroxylation is 1. The number of halogens is 1. The van der Waals surface area contributed by atoms with Gasteiger partial charge < -0.3 is 24.9 Å². The van der Waals surface area contributed by atoms with Crippen molar-refractivity contribution in [3.05, 3.63) is 97.7 Å². The van der Waals surface area contributed by atoms with Crippen LogP contribution in [0, 0.1) is 18.3 Å². The van der Waals surface area contributed by atoms with Crippen molar-refractivity contribution in [1.82, 2.24) is 4.98 Å². The molecule has 0 bridgehead atoms. The first-order valence-corrected chi connectivity index (χ1v) is 10.2. The molecule has 0 spiro atoms. The van der Waals surface area contributed by atoms with E-state index in [-0.39, 0.29) is 17.0 Å². The summed E-state index contributed by atoms with van der Waals surface area (Å²) >= 11 is 5.93. The molecule has 0 amide bonds. The van der Waals surface area contributed by atoms with Gasteiger partial charge in [0.2, 0.25) is 5.88 Å². The molecular weight excluding hydrogens is 430 g/mol. The average molecular weight is 450 g/mol. The molecule has 0 saturated heterocycles. The Morgan fingerprint density at radius 2 is 1.94 bits per heavy atom. The average Bonchev–Trinajstić information content (AvgIpc) is 2.77. The van der Waals surface area contributed by atoms with E-state index < -0.39 is 5.92 Å². The molecule has 0 radical (unpaired) electrons. The highest BCUT2D eigenvalue weighted by Crippen LogP contribution is 2.42. The van der Waals surface area contributed by atoms with Crippen LogP contribution in [0.1, 0.15) is 28.3 Å². The van der Waals surface area contributed by atoms with Crippen molar-refractivity contribution in [2.75, 3.05) is 7.11 Å². The molecule has 0 unspecified atom stereocenters. The van der Waals surface area contributed by atoms with Crippen molar-refractivity contribution in [2.24, 2.45) is 5.73 Å². The number of hydrogen-bond acceptors (Lipinski definition) is 6. The van der Waals surface area contributed by atoms with Crippen molar-refractivity contribution in [3.8, 4) is 23.3 Å². The monoisotopic (exact) mass is 449 g/mol. The normalized spacial score (nSPS) is 14.9. The Bertz CT molecular complexity index is 1310. The van der Waals surface area contributed by atoms with Gasteiger partial charge in [-0.1, -0.05) is 29.8 Å². The van der Waals surface area contributed by atoms with Crippen LogP contribution >= 0.6 is 11.6 Å². The van der Waals surface area contributed by atoms with E-state index in [2.05, 4.69) is 11.1 Å². The zero-order valence-corrected chi connectivity index (χ0v) is 18.2. The Morgan fingerprint density at radius 1 is 1.19 bits per heavy atom. The lowest BCUT2D eigenvalue weighted by Gasteiger charge is -2.26. The van der Waals surface area contributed by atoms with Gasteiger partial charge in [0.25, 0.3) is 5.56 Å². The van der Waals surface area contributed by atoms with E-state index in [1.165, 1.54) is 7.11 Å². The molecule has 1 aromatic heterocycles. The molecule has 1 aliphatic heterocycles. The van der Waals surface area contributed by atoms with E-state index in [1.54, 1.807) is 43.3 Å². The largest absolute Gasteiger partial charge is 0.493 e. The Balaban J connectivity index is 1.73. The van der Waals surface area contributed by atoms with E-state index in [4.69, 9.17) is 31.5 Å². The Hall–Kier alpha value is -3.89. The molecule has 1 atom stereocenters. The molecule has 7 nitrogen and oxygen atoms in total. The standard InChI is InChI=1S/C24H20ClN3O4/c1-13-9-20-22(24(29)28-13)21(17(11-26)23(27)32-20)15-5-8-18(19(10-15)30-2)31-12-14-3-6-16(25)7-4-14/h3-10,21H,12,27H2,1-2H3,(H,28,29)/t21-/m1/s1. The van der Waals surface area contributed by atoms with Gasteiger partial charge in [-0.25, -0.2) is 0 Å². The van der Waals surface area contributed by atoms with Gasteiger partial charge in [0.1, 0.15) is 24.0 Å². The fourth-order valence-electron chi connectivity index (χ4n) is 3.66. The summed E-state index contributed by atoms with van der Waals surface area (Å²) in [5, 5.41) is 10.4. The fourth-order valence-corrected chi connectivity index (χ4v) is 3.79. The van der Waals surface area contributed by atoms with Gasteiger partial charge in [0, 0.05) is 16.8 Å². The molecule has 2 heterocycles. The number of nitrogens with two attached hydrogens (primary N) is 1. The Kier molecular flexibility index (Phi) is 5.80. The lowest BCUT2D eigenvalue weighted by molar-refractivity contribution is 0.284. The maximum Gasteiger partial charge on any atom is 0.256 e. The molecule has 8 heteroatoms. The zero-order chi connectivity index (χ0) is 22.8. The predicted molar refractivity (Wildman–Crippen MR) is 120 cm³/mol. The molecule has 0 fully saturated rings. The molecule has 3 aromatic rings. The van der Waals surface area contributed by atoms with Crippen LogP contribution in [0.2, 0.25) is 5.02 Å². The highest BCUT2D eigenvalue weighted by atomic mass is 35.5. The first-order valence-electron chi connectivity index (χ1n) is 9.78. The second kappa shape index (κ2) is 8.69. The van der Waals surface area contributed by atoms with E-state index in [9.17, 15) is 10.1 Å². The van der Waals surface area contributed by atoms with Gasteiger partial charge >= 0.3 is 0 Å². The van der Waals surface area contributed by atoms with E-state index in [1.807, 2.05) is 12.1 Å². The molecule has 4 rings (SSSR count). The number of fused-ring (bicyclic) bond motifs is 1. The van der Waals surface area contributed by atoms with Crippen molar-refractivity contribution in [2.45, 2.75) is 19.4 Å². The van der Waals surface area contributed by atoms with Gasteiger partial charge in [-0.2, -0.15) is 5.26 Å². The van der Waals surface area contributed by atoms with Crippen LogP contribution in [0.25, 0.3) is 0 Å². The number of rotatable bonds is 5. The number of H-pyrrole nitrogens is 1. The van der Waals surface area contributed by atoms with Crippen molar-refractivity contribution in [3.63, 3.8) is 0 Å². The number of nitrogens with zero attached hydrogens (tertiary/aromatic N) is 1. The number of hydrogen-bond donors (Lipinski definition) is 2. The molecular formula is C24H20ClN3O4. The maximum absolute atomic E-state index is 12.8. The maximum atomic E-state index is 12.8. The Morgan fingerprint density at radius 3 is 2.62 bits per heavy atom. The molecule has 0 aliphatic carbocycles. The van der Waals surface area contributed by atoms with Crippen LogP contribution in [0.15, 0.2) is 64.8 Å². The lowest BCUT2D eigenvalue weighted by Crippen LogP contribution is -2.28. The molecule has 162 valence electrons. The van der Waals surface area contributed by atoms with Gasteiger partial charge in [0.15, 0.2) is 11.5 Å². The zero-order valence-electron chi connectivity index (χ0n) is 17.4. The van der Waals surface area contributed by atoms with Crippen molar-refractivity contribution < 1.29 is 14.2 Å². The summed E-state index contributed by atoms with van der Waals surface area (Å²) in [6, 6.07) is 16.4. The van der Waals surface area contributed by atoms with Crippen LogP contribution in [-0.4, -0.2) is 12.1 Å². The van der Waals surface area contributed by atoms with Gasteiger partial charge in [-0.3, -0.25) is 4.79 Å². The summed E-state index contributed by atoms with van der Waals surface area (Å²) in [5.74, 6) is 0.579. The van der Waals surface area contributed by atoms with Crippen LogP contribution in [-0.2, 0) is 6.61 Å². The van der Waals surface area contributed by atoms with Crippen LogP contribution in [0.4, 0.5) is 0 Å². The first-order chi connectivity index (χ1) is 15.4. The molecule has 3 N–H and O–H groups in total. The Labute approximate surface area is 189 Å². The van der Waals surface area contributed by atoms with Gasteiger partial charge in [0.05, 0.1) is 18.6 Å². The quantitative estimate of drug-likeness (QED) is 0.605. The first kappa shape index (κ1) is 21.3. The number of pyridine rings is 1. The summed E-state index contributed by atoms with van der Waals surface area (Å²) in [7, 11) is 1.53.